The largest absolute Gasteiger partial charge is 0.478 e. The maximum Gasteiger partial charge on any atom is 0.333 e. The number of carboxylic acids is 1. The summed E-state index contributed by atoms with van der Waals surface area (Å²) in [5.74, 6) is -1.34. The number of carbonyl (C=O) groups is 1. The molecule has 0 spiro atoms. The topological polar surface area (TPSA) is 49.3 Å². The zero-order valence-electron chi connectivity index (χ0n) is 8.66. The summed E-state index contributed by atoms with van der Waals surface area (Å²) in [5, 5.41) is 12.0. The molecule has 0 bridgehead atoms. The first-order valence-corrected chi connectivity index (χ1v) is 5.11. The van der Waals surface area contributed by atoms with Crippen molar-refractivity contribution >= 4 is 11.5 Å². The first kappa shape index (κ1) is 10.8. The fraction of sp³-hybridized carbons (Fsp3) is 0.250. The van der Waals surface area contributed by atoms with E-state index in [-0.39, 0.29) is 11.4 Å². The summed E-state index contributed by atoms with van der Waals surface area (Å²) < 4.78 is 13.6. The van der Waals surface area contributed by atoms with Crippen LogP contribution in [0.4, 0.5) is 4.39 Å². The lowest BCUT2D eigenvalue weighted by molar-refractivity contribution is -0.132. The van der Waals surface area contributed by atoms with Crippen LogP contribution in [0.2, 0.25) is 0 Å². The minimum atomic E-state index is -0.981. The van der Waals surface area contributed by atoms with Crippen molar-refractivity contribution in [3.05, 3.63) is 41.2 Å². The first-order chi connectivity index (χ1) is 7.70. The Labute approximate surface area is 92.6 Å². The fourth-order valence-corrected chi connectivity index (χ4v) is 1.89. The Kier molecular flexibility index (Phi) is 3.01. The van der Waals surface area contributed by atoms with E-state index in [2.05, 4.69) is 5.32 Å². The molecule has 84 valence electrons. The Morgan fingerprint density at radius 3 is 2.81 bits per heavy atom. The molecule has 2 rings (SSSR count). The van der Waals surface area contributed by atoms with Crippen molar-refractivity contribution in [1.29, 1.82) is 0 Å². The highest BCUT2D eigenvalue weighted by atomic mass is 19.1. The molecule has 1 aliphatic heterocycles. The van der Waals surface area contributed by atoms with Crippen LogP contribution >= 0.6 is 0 Å². The summed E-state index contributed by atoms with van der Waals surface area (Å²) >= 11 is 0. The SMILES string of the molecule is O=C(O)C1=C(c2ccccc2F)CCNC1. The van der Waals surface area contributed by atoms with Crippen molar-refractivity contribution in [3.8, 4) is 0 Å². The molecule has 1 aromatic carbocycles. The molecule has 0 fully saturated rings. The second kappa shape index (κ2) is 4.45. The lowest BCUT2D eigenvalue weighted by atomic mass is 9.94. The van der Waals surface area contributed by atoms with E-state index in [1.807, 2.05) is 0 Å². The van der Waals surface area contributed by atoms with Gasteiger partial charge in [0.25, 0.3) is 0 Å². The van der Waals surface area contributed by atoms with Crippen LogP contribution in [0.15, 0.2) is 29.8 Å². The number of nitrogens with one attached hydrogen (secondary N) is 1. The first-order valence-electron chi connectivity index (χ1n) is 5.11. The lowest BCUT2D eigenvalue weighted by Gasteiger charge is -2.19. The fourth-order valence-electron chi connectivity index (χ4n) is 1.89. The quantitative estimate of drug-likeness (QED) is 0.798. The van der Waals surface area contributed by atoms with Gasteiger partial charge < -0.3 is 10.4 Å². The van der Waals surface area contributed by atoms with Gasteiger partial charge in [-0.25, -0.2) is 9.18 Å². The van der Waals surface area contributed by atoms with Crippen LogP contribution in [-0.4, -0.2) is 24.2 Å². The highest BCUT2D eigenvalue weighted by Crippen LogP contribution is 2.26. The molecule has 0 aromatic heterocycles. The molecule has 2 N–H and O–H groups in total. The molecule has 0 saturated carbocycles. The standard InChI is InChI=1S/C12H12FNO2/c13-11-4-2-1-3-9(11)8-5-6-14-7-10(8)12(15)16/h1-4,14H,5-7H2,(H,15,16). The second-order valence-electron chi connectivity index (χ2n) is 3.67. The third kappa shape index (κ3) is 1.97. The summed E-state index contributed by atoms with van der Waals surface area (Å²) in [6.07, 6.45) is 0.544. The smallest absolute Gasteiger partial charge is 0.333 e. The zero-order valence-corrected chi connectivity index (χ0v) is 8.66. The van der Waals surface area contributed by atoms with E-state index in [1.54, 1.807) is 18.2 Å². The molecular formula is C12H12FNO2. The Hall–Kier alpha value is -1.68. The van der Waals surface area contributed by atoms with E-state index in [1.165, 1.54) is 6.07 Å². The summed E-state index contributed by atoms with van der Waals surface area (Å²) in [4.78, 5) is 11.0. The second-order valence-corrected chi connectivity index (χ2v) is 3.67. The third-order valence-electron chi connectivity index (χ3n) is 2.67. The number of rotatable bonds is 2. The van der Waals surface area contributed by atoms with Crippen molar-refractivity contribution in [2.45, 2.75) is 6.42 Å². The zero-order chi connectivity index (χ0) is 11.5. The maximum absolute atomic E-state index is 13.6. The van der Waals surface area contributed by atoms with Crippen molar-refractivity contribution in [2.75, 3.05) is 13.1 Å². The Balaban J connectivity index is 2.52. The minimum Gasteiger partial charge on any atom is -0.478 e. The van der Waals surface area contributed by atoms with Gasteiger partial charge in [-0.2, -0.15) is 0 Å². The predicted octanol–water partition coefficient (Wildman–Crippen LogP) is 1.66. The molecule has 1 aromatic rings. The van der Waals surface area contributed by atoms with Crippen LogP contribution in [0.1, 0.15) is 12.0 Å². The molecule has 0 aliphatic carbocycles. The van der Waals surface area contributed by atoms with Crippen LogP contribution in [0.3, 0.4) is 0 Å². The normalized spacial score (nSPS) is 16.3. The van der Waals surface area contributed by atoms with Gasteiger partial charge in [-0.05, 0) is 24.6 Å². The molecule has 1 aliphatic rings. The van der Waals surface area contributed by atoms with Crippen molar-refractivity contribution in [3.63, 3.8) is 0 Å². The number of carboxylic acid groups (broad SMARTS) is 1. The lowest BCUT2D eigenvalue weighted by Crippen LogP contribution is -2.28. The van der Waals surface area contributed by atoms with Crippen LogP contribution < -0.4 is 5.32 Å². The number of aliphatic carboxylic acids is 1. The Bertz CT molecular complexity index is 454. The van der Waals surface area contributed by atoms with Crippen LogP contribution in [0.25, 0.3) is 5.57 Å². The van der Waals surface area contributed by atoms with Crippen LogP contribution in [0, 0.1) is 5.82 Å². The number of halogens is 1. The summed E-state index contributed by atoms with van der Waals surface area (Å²) in [6, 6.07) is 6.29. The molecule has 0 radical (unpaired) electrons. The van der Waals surface area contributed by atoms with Gasteiger partial charge in [-0.1, -0.05) is 18.2 Å². The molecule has 1 heterocycles. The van der Waals surface area contributed by atoms with Gasteiger partial charge in [0.1, 0.15) is 5.82 Å². The minimum absolute atomic E-state index is 0.261. The van der Waals surface area contributed by atoms with Gasteiger partial charge in [-0.3, -0.25) is 0 Å². The molecule has 3 nitrogen and oxygen atoms in total. The summed E-state index contributed by atoms with van der Waals surface area (Å²) in [5.41, 5.74) is 1.27. The van der Waals surface area contributed by atoms with E-state index < -0.39 is 5.97 Å². The van der Waals surface area contributed by atoms with E-state index >= 15 is 0 Å². The molecule has 0 saturated heterocycles. The number of hydrogen-bond acceptors (Lipinski definition) is 2. The van der Waals surface area contributed by atoms with Gasteiger partial charge in [-0.15, -0.1) is 0 Å². The summed E-state index contributed by atoms with van der Waals surface area (Å²) in [6.45, 7) is 0.972. The molecule has 0 unspecified atom stereocenters. The highest BCUT2D eigenvalue weighted by molar-refractivity contribution is 5.97. The maximum atomic E-state index is 13.6. The molecule has 4 heteroatoms. The predicted molar refractivity (Wildman–Crippen MR) is 58.4 cm³/mol. The van der Waals surface area contributed by atoms with Gasteiger partial charge in [0, 0.05) is 12.1 Å². The van der Waals surface area contributed by atoms with Gasteiger partial charge >= 0.3 is 5.97 Å². The average Bonchev–Trinajstić information content (AvgIpc) is 2.29. The van der Waals surface area contributed by atoms with Crippen molar-refractivity contribution in [2.24, 2.45) is 0 Å². The Morgan fingerprint density at radius 1 is 1.38 bits per heavy atom. The molecular weight excluding hydrogens is 209 g/mol. The Morgan fingerprint density at radius 2 is 2.12 bits per heavy atom. The van der Waals surface area contributed by atoms with Gasteiger partial charge in [0.05, 0.1) is 5.57 Å². The van der Waals surface area contributed by atoms with E-state index in [4.69, 9.17) is 5.11 Å². The van der Waals surface area contributed by atoms with E-state index in [0.29, 0.717) is 30.6 Å². The monoisotopic (exact) mass is 221 g/mol. The van der Waals surface area contributed by atoms with Gasteiger partial charge in [0.2, 0.25) is 0 Å². The molecule has 0 atom stereocenters. The van der Waals surface area contributed by atoms with E-state index in [0.717, 1.165) is 0 Å². The average molecular weight is 221 g/mol. The highest BCUT2D eigenvalue weighted by Gasteiger charge is 2.20. The third-order valence-corrected chi connectivity index (χ3v) is 2.67. The molecule has 16 heavy (non-hydrogen) atoms. The molecule has 0 amide bonds. The summed E-state index contributed by atoms with van der Waals surface area (Å²) in [7, 11) is 0. The number of benzene rings is 1. The van der Waals surface area contributed by atoms with Crippen molar-refractivity contribution in [1.82, 2.24) is 5.32 Å². The van der Waals surface area contributed by atoms with Gasteiger partial charge in [0.15, 0.2) is 0 Å². The van der Waals surface area contributed by atoms with Crippen molar-refractivity contribution < 1.29 is 14.3 Å². The van der Waals surface area contributed by atoms with Crippen LogP contribution in [-0.2, 0) is 4.79 Å². The van der Waals surface area contributed by atoms with E-state index in [9.17, 15) is 9.18 Å². The number of hydrogen-bond donors (Lipinski definition) is 2. The van der Waals surface area contributed by atoms with Crippen LogP contribution in [0.5, 0.6) is 0 Å².